The molecule has 0 saturated carbocycles. The molecule has 174 valence electrons. The number of anilines is 1. The minimum absolute atomic E-state index is 0.182. The van der Waals surface area contributed by atoms with Crippen LogP contribution in [0.15, 0.2) is 48.5 Å². The summed E-state index contributed by atoms with van der Waals surface area (Å²) in [4.78, 5) is 27.1. The van der Waals surface area contributed by atoms with Crippen molar-refractivity contribution in [3.05, 3.63) is 59.7 Å². The smallest absolute Gasteiger partial charge is 0.244 e. The molecule has 0 saturated heterocycles. The van der Waals surface area contributed by atoms with Crippen LogP contribution in [-0.4, -0.2) is 57.6 Å². The second-order valence-corrected chi connectivity index (χ2v) is 9.34. The van der Waals surface area contributed by atoms with Gasteiger partial charge in [-0.05, 0) is 56.2 Å². The van der Waals surface area contributed by atoms with Gasteiger partial charge in [-0.15, -0.1) is 0 Å². The fourth-order valence-corrected chi connectivity index (χ4v) is 4.10. The zero-order valence-corrected chi connectivity index (χ0v) is 20.0. The molecule has 2 amide bonds. The summed E-state index contributed by atoms with van der Waals surface area (Å²) in [5, 5.41) is 2.56. The van der Waals surface area contributed by atoms with Crippen LogP contribution in [0.4, 0.5) is 5.69 Å². The maximum absolute atomic E-state index is 13.3. The average molecular weight is 462 g/mol. The molecular formula is C23H31N3O5S. The monoisotopic (exact) mass is 461 g/mol. The molecule has 1 atom stereocenters. The molecule has 9 heteroatoms. The Kier molecular flexibility index (Phi) is 8.65. The summed E-state index contributed by atoms with van der Waals surface area (Å²) in [6.07, 6.45) is 1.05. The predicted octanol–water partition coefficient (Wildman–Crippen LogP) is 2.32. The van der Waals surface area contributed by atoms with Gasteiger partial charge in [0.1, 0.15) is 18.3 Å². The fourth-order valence-electron chi connectivity index (χ4n) is 3.25. The first kappa shape index (κ1) is 25.2. The number of carbonyl (C=O) groups excluding carboxylic acids is 2. The van der Waals surface area contributed by atoms with E-state index in [9.17, 15) is 18.0 Å². The van der Waals surface area contributed by atoms with Crippen LogP contribution in [0, 0.1) is 6.92 Å². The molecule has 2 aromatic carbocycles. The van der Waals surface area contributed by atoms with E-state index in [2.05, 4.69) is 5.32 Å². The van der Waals surface area contributed by atoms with E-state index in [1.165, 1.54) is 11.9 Å². The Balaban J connectivity index is 2.36. The van der Waals surface area contributed by atoms with Crippen molar-refractivity contribution in [3.63, 3.8) is 0 Å². The molecule has 0 aliphatic carbocycles. The Bertz CT molecular complexity index is 1040. The summed E-state index contributed by atoms with van der Waals surface area (Å²) in [5.74, 6) is -0.215. The lowest BCUT2D eigenvalue weighted by Crippen LogP contribution is -2.50. The molecule has 1 unspecified atom stereocenters. The van der Waals surface area contributed by atoms with Crippen LogP contribution in [0.1, 0.15) is 25.0 Å². The SMILES string of the molecule is CCOc1ccc(N(CC(=O)N(Cc2ccccc2C)C(C)C(=O)NC)S(C)(=O)=O)cc1. The number of hydrogen-bond acceptors (Lipinski definition) is 5. The van der Waals surface area contributed by atoms with Gasteiger partial charge in [-0.3, -0.25) is 13.9 Å². The minimum atomic E-state index is -3.76. The van der Waals surface area contributed by atoms with Crippen LogP contribution >= 0.6 is 0 Å². The summed E-state index contributed by atoms with van der Waals surface area (Å²) < 4.78 is 31.5. The molecule has 0 spiro atoms. The molecule has 1 N–H and O–H groups in total. The predicted molar refractivity (Wildman–Crippen MR) is 125 cm³/mol. The molecule has 0 heterocycles. The Morgan fingerprint density at radius 3 is 2.25 bits per heavy atom. The van der Waals surface area contributed by atoms with Crippen LogP contribution in [0.3, 0.4) is 0 Å². The highest BCUT2D eigenvalue weighted by atomic mass is 32.2. The lowest BCUT2D eigenvalue weighted by molar-refractivity contribution is -0.139. The van der Waals surface area contributed by atoms with Gasteiger partial charge in [0.2, 0.25) is 21.8 Å². The van der Waals surface area contributed by atoms with Gasteiger partial charge >= 0.3 is 0 Å². The number of amides is 2. The summed E-state index contributed by atoms with van der Waals surface area (Å²) >= 11 is 0. The third-order valence-electron chi connectivity index (χ3n) is 5.13. The van der Waals surface area contributed by atoms with Crippen LogP contribution in [0.25, 0.3) is 0 Å². The zero-order valence-electron chi connectivity index (χ0n) is 19.2. The van der Waals surface area contributed by atoms with Gasteiger partial charge in [-0.2, -0.15) is 0 Å². The van der Waals surface area contributed by atoms with Gasteiger partial charge in [0, 0.05) is 13.6 Å². The number of nitrogens with one attached hydrogen (secondary N) is 1. The summed E-state index contributed by atoms with van der Waals surface area (Å²) in [6.45, 7) is 5.63. The molecule has 2 rings (SSSR count). The number of ether oxygens (including phenoxy) is 1. The molecule has 0 radical (unpaired) electrons. The molecule has 0 bridgehead atoms. The molecule has 0 fully saturated rings. The van der Waals surface area contributed by atoms with Crippen molar-refractivity contribution in [2.45, 2.75) is 33.4 Å². The lowest BCUT2D eigenvalue weighted by Gasteiger charge is -2.31. The third-order valence-corrected chi connectivity index (χ3v) is 6.27. The quantitative estimate of drug-likeness (QED) is 0.586. The van der Waals surface area contributed by atoms with Crippen LogP contribution in [-0.2, 0) is 26.2 Å². The van der Waals surface area contributed by atoms with Crippen molar-refractivity contribution in [1.29, 1.82) is 0 Å². The molecule has 32 heavy (non-hydrogen) atoms. The van der Waals surface area contributed by atoms with Crippen LogP contribution < -0.4 is 14.4 Å². The third kappa shape index (κ3) is 6.46. The first-order chi connectivity index (χ1) is 15.1. The second kappa shape index (κ2) is 11.0. The summed E-state index contributed by atoms with van der Waals surface area (Å²) in [5.41, 5.74) is 2.19. The number of carbonyl (C=O) groups is 2. The molecule has 8 nitrogen and oxygen atoms in total. The summed E-state index contributed by atoms with van der Waals surface area (Å²) in [7, 11) is -2.26. The highest BCUT2D eigenvalue weighted by molar-refractivity contribution is 7.92. The van der Waals surface area contributed by atoms with E-state index in [0.717, 1.165) is 21.7 Å². The van der Waals surface area contributed by atoms with Crippen molar-refractivity contribution in [3.8, 4) is 5.75 Å². The van der Waals surface area contributed by atoms with Gasteiger partial charge in [-0.25, -0.2) is 8.42 Å². The number of hydrogen-bond donors (Lipinski definition) is 1. The van der Waals surface area contributed by atoms with E-state index in [0.29, 0.717) is 18.0 Å². The highest BCUT2D eigenvalue weighted by Gasteiger charge is 2.29. The van der Waals surface area contributed by atoms with Gasteiger partial charge in [-0.1, -0.05) is 24.3 Å². The van der Waals surface area contributed by atoms with Crippen LogP contribution in [0.5, 0.6) is 5.75 Å². The number of aryl methyl sites for hydroxylation is 1. The Morgan fingerprint density at radius 2 is 1.72 bits per heavy atom. The van der Waals surface area contributed by atoms with Gasteiger partial charge in [0.25, 0.3) is 0 Å². The van der Waals surface area contributed by atoms with E-state index in [-0.39, 0.29) is 12.5 Å². The second-order valence-electron chi connectivity index (χ2n) is 7.43. The van der Waals surface area contributed by atoms with E-state index < -0.39 is 28.5 Å². The molecule has 0 aromatic heterocycles. The van der Waals surface area contributed by atoms with Gasteiger partial charge in [0.05, 0.1) is 18.6 Å². The maximum atomic E-state index is 13.3. The standard InChI is InChI=1S/C23H31N3O5S/c1-6-31-21-13-11-20(12-14-21)26(32(5,29)30)16-22(27)25(18(3)23(28)24-4)15-19-10-8-7-9-17(19)2/h7-14,18H,6,15-16H2,1-5H3,(H,24,28). The Morgan fingerprint density at radius 1 is 1.09 bits per heavy atom. The molecule has 2 aromatic rings. The normalized spacial score (nSPS) is 12.0. The van der Waals surface area contributed by atoms with Crippen molar-refractivity contribution in [2.75, 3.05) is 30.8 Å². The van der Waals surface area contributed by atoms with Gasteiger partial charge < -0.3 is 15.0 Å². The summed E-state index contributed by atoms with van der Waals surface area (Å²) in [6, 6.07) is 13.3. The Labute approximate surface area is 190 Å². The number of nitrogens with zero attached hydrogens (tertiary/aromatic N) is 2. The first-order valence-electron chi connectivity index (χ1n) is 10.3. The maximum Gasteiger partial charge on any atom is 0.244 e. The largest absolute Gasteiger partial charge is 0.494 e. The van der Waals surface area contributed by atoms with Crippen molar-refractivity contribution >= 4 is 27.5 Å². The van der Waals surface area contributed by atoms with E-state index in [1.54, 1.807) is 31.2 Å². The van der Waals surface area contributed by atoms with E-state index in [4.69, 9.17) is 4.74 Å². The zero-order chi connectivity index (χ0) is 23.9. The lowest BCUT2D eigenvalue weighted by atomic mass is 10.1. The number of rotatable bonds is 10. The van der Waals surface area contributed by atoms with Crippen molar-refractivity contribution in [1.82, 2.24) is 10.2 Å². The topological polar surface area (TPSA) is 96.0 Å². The van der Waals surface area contributed by atoms with E-state index in [1.807, 2.05) is 38.1 Å². The van der Waals surface area contributed by atoms with Crippen molar-refractivity contribution < 1.29 is 22.7 Å². The number of likely N-dealkylation sites (N-methyl/N-ethyl adjacent to an activating group) is 1. The molecule has 0 aliphatic rings. The molecule has 0 aliphatic heterocycles. The van der Waals surface area contributed by atoms with Crippen LogP contribution in [0.2, 0.25) is 0 Å². The Hall–Kier alpha value is -3.07. The molecular weight excluding hydrogens is 430 g/mol. The number of benzene rings is 2. The van der Waals surface area contributed by atoms with Gasteiger partial charge in [0.15, 0.2) is 0 Å². The fraction of sp³-hybridized carbons (Fsp3) is 0.391. The highest BCUT2D eigenvalue weighted by Crippen LogP contribution is 2.22. The number of sulfonamides is 1. The first-order valence-corrected chi connectivity index (χ1v) is 12.2. The average Bonchev–Trinajstić information content (AvgIpc) is 2.76. The van der Waals surface area contributed by atoms with E-state index >= 15 is 0 Å². The minimum Gasteiger partial charge on any atom is -0.494 e. The van der Waals surface area contributed by atoms with Crippen molar-refractivity contribution in [2.24, 2.45) is 0 Å².